The van der Waals surface area contributed by atoms with Crippen LogP contribution in [0.1, 0.15) is 16.2 Å². The first-order valence-corrected chi connectivity index (χ1v) is 4.84. The van der Waals surface area contributed by atoms with E-state index in [2.05, 4.69) is 20.4 Å². The molecule has 0 fully saturated rings. The van der Waals surface area contributed by atoms with Gasteiger partial charge in [0.2, 0.25) is 5.91 Å². The fraction of sp³-hybridized carbons (Fsp3) is 0.556. The van der Waals surface area contributed by atoms with E-state index in [9.17, 15) is 9.59 Å². The molecule has 0 aliphatic rings. The van der Waals surface area contributed by atoms with Crippen LogP contribution in [0.5, 0.6) is 0 Å². The Morgan fingerprint density at radius 3 is 2.65 bits per heavy atom. The van der Waals surface area contributed by atoms with Gasteiger partial charge in [-0.2, -0.15) is 0 Å². The van der Waals surface area contributed by atoms with E-state index in [1.165, 1.54) is 25.9 Å². The molecule has 0 saturated heterocycles. The smallest absolute Gasteiger partial charge is 0.360 e. The van der Waals surface area contributed by atoms with Crippen LogP contribution in [0.25, 0.3) is 0 Å². The maximum atomic E-state index is 11.4. The average Bonchev–Trinajstić information content (AvgIpc) is 2.72. The standard InChI is InChI=1S/C9H14N4O4/c1-10-7(14)4-13-6(5-16-2)8(11-12-13)9(15)17-3/h4-5H2,1-3H3,(H,10,14). The van der Waals surface area contributed by atoms with Crippen molar-refractivity contribution in [2.45, 2.75) is 13.2 Å². The molecule has 0 atom stereocenters. The second kappa shape index (κ2) is 5.94. The van der Waals surface area contributed by atoms with Crippen LogP contribution in [0, 0.1) is 0 Å². The number of methoxy groups -OCH3 is 2. The first-order valence-electron chi connectivity index (χ1n) is 4.84. The third-order valence-corrected chi connectivity index (χ3v) is 2.07. The minimum Gasteiger partial charge on any atom is -0.464 e. The van der Waals surface area contributed by atoms with Crippen molar-refractivity contribution in [3.63, 3.8) is 0 Å². The maximum absolute atomic E-state index is 11.4. The number of ether oxygens (including phenoxy) is 2. The average molecular weight is 242 g/mol. The summed E-state index contributed by atoms with van der Waals surface area (Å²) in [6, 6.07) is 0. The van der Waals surface area contributed by atoms with Gasteiger partial charge < -0.3 is 14.8 Å². The molecule has 1 rings (SSSR count). The number of esters is 1. The summed E-state index contributed by atoms with van der Waals surface area (Å²) in [7, 11) is 4.23. The molecule has 1 amide bonds. The zero-order valence-electron chi connectivity index (χ0n) is 9.89. The monoisotopic (exact) mass is 242 g/mol. The van der Waals surface area contributed by atoms with Crippen LogP contribution in [0.2, 0.25) is 0 Å². The fourth-order valence-electron chi connectivity index (χ4n) is 1.21. The summed E-state index contributed by atoms with van der Waals surface area (Å²) in [5, 5.41) is 9.84. The van der Waals surface area contributed by atoms with Crippen molar-refractivity contribution in [3.8, 4) is 0 Å². The molecule has 0 saturated carbocycles. The van der Waals surface area contributed by atoms with E-state index < -0.39 is 5.97 Å². The zero-order chi connectivity index (χ0) is 12.8. The van der Waals surface area contributed by atoms with Gasteiger partial charge in [-0.25, -0.2) is 9.48 Å². The predicted octanol–water partition coefficient (Wildman–Crippen LogP) is -1.04. The molecule has 0 bridgehead atoms. The van der Waals surface area contributed by atoms with Gasteiger partial charge in [-0.15, -0.1) is 5.10 Å². The van der Waals surface area contributed by atoms with Gasteiger partial charge >= 0.3 is 5.97 Å². The van der Waals surface area contributed by atoms with Crippen LogP contribution in [-0.4, -0.2) is 48.1 Å². The molecular weight excluding hydrogens is 228 g/mol. The number of hydrogen-bond acceptors (Lipinski definition) is 6. The lowest BCUT2D eigenvalue weighted by molar-refractivity contribution is -0.121. The van der Waals surface area contributed by atoms with Crippen molar-refractivity contribution in [2.24, 2.45) is 0 Å². The Balaban J connectivity index is 3.01. The zero-order valence-corrected chi connectivity index (χ0v) is 9.89. The van der Waals surface area contributed by atoms with Gasteiger partial charge in [-0.3, -0.25) is 4.79 Å². The van der Waals surface area contributed by atoms with Crippen LogP contribution in [0.3, 0.4) is 0 Å². The molecule has 0 radical (unpaired) electrons. The molecule has 0 unspecified atom stereocenters. The van der Waals surface area contributed by atoms with E-state index in [1.54, 1.807) is 0 Å². The number of nitrogens with zero attached hydrogens (tertiary/aromatic N) is 3. The summed E-state index contributed by atoms with van der Waals surface area (Å²) in [6.07, 6.45) is 0. The van der Waals surface area contributed by atoms with Crippen LogP contribution in [0.15, 0.2) is 0 Å². The Labute approximate surface area is 97.9 Å². The van der Waals surface area contributed by atoms with Crippen molar-refractivity contribution in [1.29, 1.82) is 0 Å². The molecule has 1 aromatic rings. The minimum atomic E-state index is -0.611. The number of amides is 1. The van der Waals surface area contributed by atoms with Crippen LogP contribution in [0.4, 0.5) is 0 Å². The van der Waals surface area contributed by atoms with E-state index in [0.29, 0.717) is 5.69 Å². The number of rotatable bonds is 5. The van der Waals surface area contributed by atoms with Crippen LogP contribution in [-0.2, 0) is 27.4 Å². The number of likely N-dealkylation sites (N-methyl/N-ethyl adjacent to an activating group) is 1. The molecule has 94 valence electrons. The number of nitrogens with one attached hydrogen (secondary N) is 1. The molecule has 8 nitrogen and oxygen atoms in total. The predicted molar refractivity (Wildman–Crippen MR) is 56.1 cm³/mol. The second-order valence-electron chi connectivity index (χ2n) is 3.14. The third-order valence-electron chi connectivity index (χ3n) is 2.07. The van der Waals surface area contributed by atoms with Gasteiger partial charge in [0.25, 0.3) is 0 Å². The summed E-state index contributed by atoms with van der Waals surface area (Å²) >= 11 is 0. The Bertz CT molecular complexity index is 415. The highest BCUT2D eigenvalue weighted by atomic mass is 16.5. The van der Waals surface area contributed by atoms with Crippen LogP contribution >= 0.6 is 0 Å². The number of carbonyl (C=O) groups is 2. The van der Waals surface area contributed by atoms with E-state index in [4.69, 9.17) is 4.74 Å². The Morgan fingerprint density at radius 1 is 1.41 bits per heavy atom. The maximum Gasteiger partial charge on any atom is 0.360 e. The molecule has 0 spiro atoms. The van der Waals surface area contributed by atoms with Gasteiger partial charge in [0.1, 0.15) is 6.54 Å². The van der Waals surface area contributed by atoms with Gasteiger partial charge in [0, 0.05) is 14.2 Å². The van der Waals surface area contributed by atoms with E-state index in [1.807, 2.05) is 0 Å². The summed E-state index contributed by atoms with van der Waals surface area (Å²) in [5.74, 6) is -0.858. The van der Waals surface area contributed by atoms with Gasteiger partial charge in [-0.1, -0.05) is 5.21 Å². The summed E-state index contributed by atoms with van der Waals surface area (Å²) < 4.78 is 10.8. The van der Waals surface area contributed by atoms with Gasteiger partial charge in [0.05, 0.1) is 19.4 Å². The first-order chi connectivity index (χ1) is 8.13. The number of aromatic nitrogens is 3. The number of carbonyl (C=O) groups excluding carboxylic acids is 2. The SMILES string of the molecule is CNC(=O)Cn1nnc(C(=O)OC)c1COC. The molecule has 0 aromatic carbocycles. The highest BCUT2D eigenvalue weighted by Crippen LogP contribution is 2.08. The summed E-state index contributed by atoms with van der Waals surface area (Å²) in [6.45, 7) is 0.0909. The van der Waals surface area contributed by atoms with Crippen LogP contribution < -0.4 is 5.32 Å². The van der Waals surface area contributed by atoms with E-state index in [-0.39, 0.29) is 24.8 Å². The molecule has 17 heavy (non-hydrogen) atoms. The lowest BCUT2D eigenvalue weighted by Crippen LogP contribution is -2.25. The molecule has 1 N–H and O–H groups in total. The molecule has 0 aliphatic heterocycles. The molecular formula is C9H14N4O4. The van der Waals surface area contributed by atoms with E-state index >= 15 is 0 Å². The third kappa shape index (κ3) is 3.00. The Hall–Kier alpha value is -1.96. The normalized spacial score (nSPS) is 10.1. The fourth-order valence-corrected chi connectivity index (χ4v) is 1.21. The van der Waals surface area contributed by atoms with E-state index in [0.717, 1.165) is 0 Å². The van der Waals surface area contributed by atoms with Gasteiger partial charge in [0.15, 0.2) is 5.69 Å². The van der Waals surface area contributed by atoms with Crippen molar-refractivity contribution in [1.82, 2.24) is 20.3 Å². The Kier molecular flexibility index (Phi) is 4.58. The van der Waals surface area contributed by atoms with Crippen molar-refractivity contribution in [2.75, 3.05) is 21.3 Å². The highest BCUT2D eigenvalue weighted by molar-refractivity contribution is 5.88. The minimum absolute atomic E-state index is 0.0286. The molecule has 1 heterocycles. The number of hydrogen-bond donors (Lipinski definition) is 1. The van der Waals surface area contributed by atoms with Crippen molar-refractivity contribution < 1.29 is 19.1 Å². The molecule has 8 heteroatoms. The highest BCUT2D eigenvalue weighted by Gasteiger charge is 2.21. The Morgan fingerprint density at radius 2 is 2.12 bits per heavy atom. The summed E-state index contributed by atoms with van der Waals surface area (Å²) in [5.41, 5.74) is 0.459. The van der Waals surface area contributed by atoms with Crippen molar-refractivity contribution >= 4 is 11.9 Å². The largest absolute Gasteiger partial charge is 0.464 e. The lowest BCUT2D eigenvalue weighted by atomic mass is 10.3. The lowest BCUT2D eigenvalue weighted by Gasteiger charge is -2.05. The summed E-state index contributed by atoms with van der Waals surface area (Å²) in [4.78, 5) is 22.6. The molecule has 1 aromatic heterocycles. The molecule has 0 aliphatic carbocycles. The van der Waals surface area contributed by atoms with Crippen molar-refractivity contribution in [3.05, 3.63) is 11.4 Å². The first kappa shape index (κ1) is 13.1. The quantitative estimate of drug-likeness (QED) is 0.662. The van der Waals surface area contributed by atoms with Gasteiger partial charge in [-0.05, 0) is 0 Å². The second-order valence-corrected chi connectivity index (χ2v) is 3.14. The topological polar surface area (TPSA) is 95.3 Å².